The van der Waals surface area contributed by atoms with Crippen molar-refractivity contribution in [3.63, 3.8) is 0 Å². The van der Waals surface area contributed by atoms with Crippen LogP contribution in [0.4, 0.5) is 4.39 Å². The molecule has 2 heterocycles. The van der Waals surface area contributed by atoms with Crippen LogP contribution in [0.5, 0.6) is 0 Å². The summed E-state index contributed by atoms with van der Waals surface area (Å²) >= 11 is 6.07. The monoisotopic (exact) mass is 416 g/mol. The molecular formula is C24H18ClFN4. The fourth-order valence-corrected chi connectivity index (χ4v) is 3.72. The van der Waals surface area contributed by atoms with Gasteiger partial charge in [0, 0.05) is 29.7 Å². The fraction of sp³-hybridized carbons (Fsp3) is 0.0833. The van der Waals surface area contributed by atoms with Gasteiger partial charge < -0.3 is 9.55 Å². The second kappa shape index (κ2) is 7.76. The van der Waals surface area contributed by atoms with Crippen LogP contribution in [0.15, 0.2) is 79.3 Å². The first-order valence-electron chi connectivity index (χ1n) is 9.63. The van der Waals surface area contributed by atoms with Crippen LogP contribution in [-0.4, -0.2) is 19.5 Å². The van der Waals surface area contributed by atoms with Crippen LogP contribution in [0.25, 0.3) is 16.7 Å². The van der Waals surface area contributed by atoms with E-state index in [-0.39, 0.29) is 5.82 Å². The van der Waals surface area contributed by atoms with Gasteiger partial charge in [-0.25, -0.2) is 14.4 Å². The lowest BCUT2D eigenvalue weighted by Gasteiger charge is -2.08. The highest BCUT2D eigenvalue weighted by atomic mass is 35.5. The SMILES string of the molecule is Fc1ccc(Cc2nc(Cc3ccc4nc[nH]c4c3)cn2-c2ccc(Cl)cc2)cc1. The molecule has 0 amide bonds. The first-order valence-corrected chi connectivity index (χ1v) is 10.0. The molecule has 5 aromatic rings. The molecule has 1 N–H and O–H groups in total. The summed E-state index contributed by atoms with van der Waals surface area (Å²) in [6, 6.07) is 20.4. The molecule has 0 saturated carbocycles. The van der Waals surface area contributed by atoms with E-state index in [0.717, 1.165) is 39.4 Å². The quantitative estimate of drug-likeness (QED) is 0.398. The third kappa shape index (κ3) is 3.84. The third-order valence-electron chi connectivity index (χ3n) is 5.08. The molecule has 0 saturated heterocycles. The van der Waals surface area contributed by atoms with E-state index >= 15 is 0 Å². The molecule has 0 bridgehead atoms. The molecule has 4 nitrogen and oxygen atoms in total. The zero-order chi connectivity index (χ0) is 20.5. The van der Waals surface area contributed by atoms with Crippen LogP contribution >= 0.6 is 11.6 Å². The van der Waals surface area contributed by atoms with Crippen LogP contribution in [0.3, 0.4) is 0 Å². The number of rotatable bonds is 5. The van der Waals surface area contributed by atoms with Crippen molar-refractivity contribution in [3.05, 3.63) is 113 Å². The van der Waals surface area contributed by atoms with E-state index in [0.29, 0.717) is 17.9 Å². The van der Waals surface area contributed by atoms with Gasteiger partial charge in [-0.2, -0.15) is 0 Å². The van der Waals surface area contributed by atoms with Crippen LogP contribution < -0.4 is 0 Å². The highest BCUT2D eigenvalue weighted by molar-refractivity contribution is 6.30. The molecule has 5 rings (SSSR count). The largest absolute Gasteiger partial charge is 0.345 e. The summed E-state index contributed by atoms with van der Waals surface area (Å²) in [6.07, 6.45) is 5.05. The third-order valence-corrected chi connectivity index (χ3v) is 5.33. The van der Waals surface area contributed by atoms with Crippen LogP contribution in [-0.2, 0) is 12.8 Å². The molecule has 0 fully saturated rings. The molecule has 148 valence electrons. The van der Waals surface area contributed by atoms with Crippen LogP contribution in [0.1, 0.15) is 22.6 Å². The summed E-state index contributed by atoms with van der Waals surface area (Å²) < 4.78 is 15.4. The topological polar surface area (TPSA) is 46.5 Å². The van der Waals surface area contributed by atoms with Crippen molar-refractivity contribution in [2.24, 2.45) is 0 Å². The smallest absolute Gasteiger partial charge is 0.123 e. The molecule has 30 heavy (non-hydrogen) atoms. The maximum atomic E-state index is 13.3. The maximum absolute atomic E-state index is 13.3. The zero-order valence-corrected chi connectivity index (χ0v) is 16.8. The Morgan fingerprint density at radius 2 is 1.67 bits per heavy atom. The Labute approximate surface area is 178 Å². The van der Waals surface area contributed by atoms with Crippen molar-refractivity contribution in [2.75, 3.05) is 0 Å². The van der Waals surface area contributed by atoms with Gasteiger partial charge in [-0.3, -0.25) is 0 Å². The van der Waals surface area contributed by atoms with Gasteiger partial charge in [0.05, 0.1) is 23.1 Å². The Hall–Kier alpha value is -3.44. The van der Waals surface area contributed by atoms with Crippen molar-refractivity contribution in [1.82, 2.24) is 19.5 Å². The standard InChI is InChI=1S/C24H18ClFN4/c25-18-4-8-21(9-5-18)30-14-20(11-17-3-10-22-23(12-17)28-15-27-22)29-24(30)13-16-1-6-19(26)7-2-16/h1-10,12,14-15H,11,13H2,(H,27,28). The molecular weight excluding hydrogens is 399 g/mol. The average molecular weight is 417 g/mol. The van der Waals surface area contributed by atoms with E-state index in [1.165, 1.54) is 12.1 Å². The van der Waals surface area contributed by atoms with E-state index in [1.807, 2.05) is 30.3 Å². The van der Waals surface area contributed by atoms with Gasteiger partial charge in [-0.1, -0.05) is 29.8 Å². The second-order valence-electron chi connectivity index (χ2n) is 7.23. The van der Waals surface area contributed by atoms with E-state index < -0.39 is 0 Å². The van der Waals surface area contributed by atoms with Gasteiger partial charge in [0.1, 0.15) is 11.6 Å². The van der Waals surface area contributed by atoms with Gasteiger partial charge in [-0.05, 0) is 59.7 Å². The van der Waals surface area contributed by atoms with Crippen molar-refractivity contribution < 1.29 is 4.39 Å². The Bertz CT molecular complexity index is 1300. The number of imidazole rings is 2. The predicted molar refractivity (Wildman–Crippen MR) is 117 cm³/mol. The molecule has 0 aliphatic rings. The van der Waals surface area contributed by atoms with Crippen molar-refractivity contribution >= 4 is 22.6 Å². The summed E-state index contributed by atoms with van der Waals surface area (Å²) in [5.74, 6) is 0.649. The van der Waals surface area contributed by atoms with Gasteiger partial charge in [0.25, 0.3) is 0 Å². The minimum atomic E-state index is -0.241. The summed E-state index contributed by atoms with van der Waals surface area (Å²) in [5, 5.41) is 0.687. The number of aromatic amines is 1. The normalized spacial score (nSPS) is 11.3. The van der Waals surface area contributed by atoms with E-state index in [9.17, 15) is 4.39 Å². The number of nitrogens with one attached hydrogen (secondary N) is 1. The lowest BCUT2D eigenvalue weighted by Crippen LogP contribution is -2.01. The summed E-state index contributed by atoms with van der Waals surface area (Å²) in [4.78, 5) is 12.3. The minimum absolute atomic E-state index is 0.241. The number of hydrogen-bond donors (Lipinski definition) is 1. The molecule has 0 aliphatic heterocycles. The average Bonchev–Trinajstić information content (AvgIpc) is 3.37. The second-order valence-corrected chi connectivity index (χ2v) is 7.67. The number of halogens is 2. The van der Waals surface area contributed by atoms with Crippen LogP contribution in [0.2, 0.25) is 5.02 Å². The maximum Gasteiger partial charge on any atom is 0.123 e. The molecule has 0 atom stereocenters. The van der Waals surface area contributed by atoms with Crippen LogP contribution in [0, 0.1) is 5.82 Å². The van der Waals surface area contributed by atoms with Gasteiger partial charge in [0.15, 0.2) is 0 Å². The Kier molecular flexibility index (Phi) is 4.81. The Morgan fingerprint density at radius 1 is 0.900 bits per heavy atom. The number of nitrogens with zero attached hydrogens (tertiary/aromatic N) is 3. The Morgan fingerprint density at radius 3 is 2.47 bits per heavy atom. The van der Waals surface area contributed by atoms with Crippen molar-refractivity contribution in [2.45, 2.75) is 12.8 Å². The van der Waals surface area contributed by atoms with E-state index in [4.69, 9.17) is 16.6 Å². The lowest BCUT2D eigenvalue weighted by molar-refractivity contribution is 0.627. The summed E-state index contributed by atoms with van der Waals surface area (Å²) in [5.41, 5.74) is 6.06. The first-order chi connectivity index (χ1) is 14.6. The highest BCUT2D eigenvalue weighted by Crippen LogP contribution is 2.21. The van der Waals surface area contributed by atoms with Gasteiger partial charge in [0.2, 0.25) is 0 Å². The number of H-pyrrole nitrogens is 1. The van der Waals surface area contributed by atoms with E-state index in [2.05, 4.69) is 32.9 Å². The van der Waals surface area contributed by atoms with Crippen molar-refractivity contribution in [1.29, 1.82) is 0 Å². The number of benzene rings is 3. The van der Waals surface area contributed by atoms with Gasteiger partial charge >= 0.3 is 0 Å². The minimum Gasteiger partial charge on any atom is -0.345 e. The summed E-state index contributed by atoms with van der Waals surface area (Å²) in [7, 11) is 0. The lowest BCUT2D eigenvalue weighted by atomic mass is 10.1. The first kappa shape index (κ1) is 18.6. The molecule has 0 radical (unpaired) electrons. The molecule has 6 heteroatoms. The molecule has 0 aliphatic carbocycles. The van der Waals surface area contributed by atoms with Gasteiger partial charge in [-0.15, -0.1) is 0 Å². The van der Waals surface area contributed by atoms with E-state index in [1.54, 1.807) is 18.5 Å². The number of hydrogen-bond acceptors (Lipinski definition) is 2. The molecule has 0 unspecified atom stereocenters. The number of fused-ring (bicyclic) bond motifs is 1. The molecule has 0 spiro atoms. The zero-order valence-electron chi connectivity index (χ0n) is 16.0. The molecule has 3 aromatic carbocycles. The number of aromatic nitrogens is 4. The highest BCUT2D eigenvalue weighted by Gasteiger charge is 2.12. The Balaban J connectivity index is 1.51. The van der Waals surface area contributed by atoms with Crippen molar-refractivity contribution in [3.8, 4) is 5.69 Å². The summed E-state index contributed by atoms with van der Waals surface area (Å²) in [6.45, 7) is 0. The molecule has 2 aromatic heterocycles. The fourth-order valence-electron chi connectivity index (χ4n) is 3.59. The predicted octanol–water partition coefficient (Wildman–Crippen LogP) is 5.72.